The zero-order chi connectivity index (χ0) is 12.7. The summed E-state index contributed by atoms with van der Waals surface area (Å²) >= 11 is 0. The Kier molecular flexibility index (Phi) is 9.42. The van der Waals surface area contributed by atoms with Crippen molar-refractivity contribution in [3.8, 4) is 0 Å². The molecule has 0 aromatic carbocycles. The van der Waals surface area contributed by atoms with Crippen molar-refractivity contribution >= 4 is 18.3 Å². The summed E-state index contributed by atoms with van der Waals surface area (Å²) in [5.41, 5.74) is 0. The Bertz CT molecular complexity index is 226. The largest absolute Gasteiger partial charge is 0.342 e. The minimum atomic E-state index is 0. The predicted octanol–water partition coefficient (Wildman–Crippen LogP) is 1.21. The molecule has 1 fully saturated rings. The number of carbonyl (C=O) groups is 1. The molecule has 0 bridgehead atoms. The van der Waals surface area contributed by atoms with Crippen LogP contribution in [0.1, 0.15) is 26.7 Å². The molecule has 0 atom stereocenters. The van der Waals surface area contributed by atoms with E-state index in [-0.39, 0.29) is 18.3 Å². The molecule has 1 aliphatic heterocycles. The number of likely N-dealkylation sites (N-methyl/N-ethyl adjacent to an activating group) is 1. The first-order chi connectivity index (χ1) is 8.21. The fraction of sp³-hybridized carbons (Fsp3) is 0.923. The van der Waals surface area contributed by atoms with Crippen LogP contribution in [0.4, 0.5) is 0 Å². The van der Waals surface area contributed by atoms with Gasteiger partial charge in [0.05, 0.1) is 6.54 Å². The highest BCUT2D eigenvalue weighted by atomic mass is 35.5. The van der Waals surface area contributed by atoms with Crippen molar-refractivity contribution in [1.82, 2.24) is 15.1 Å². The lowest BCUT2D eigenvalue weighted by molar-refractivity contribution is -0.131. The van der Waals surface area contributed by atoms with Gasteiger partial charge in [0.2, 0.25) is 5.91 Å². The monoisotopic (exact) mass is 277 g/mol. The van der Waals surface area contributed by atoms with E-state index in [1.54, 1.807) is 0 Å². The second kappa shape index (κ2) is 9.59. The number of carbonyl (C=O) groups excluding carboxylic acids is 1. The molecule has 0 unspecified atom stereocenters. The van der Waals surface area contributed by atoms with E-state index >= 15 is 0 Å². The van der Waals surface area contributed by atoms with E-state index in [0.717, 1.165) is 44.9 Å². The molecule has 1 amide bonds. The van der Waals surface area contributed by atoms with Crippen LogP contribution in [-0.4, -0.2) is 62.0 Å². The third kappa shape index (κ3) is 5.55. The Hall–Kier alpha value is -0.320. The van der Waals surface area contributed by atoms with Gasteiger partial charge in [-0.15, -0.1) is 12.4 Å². The molecular weight excluding hydrogens is 250 g/mol. The average Bonchev–Trinajstić information content (AvgIpc) is 2.37. The Labute approximate surface area is 117 Å². The normalized spacial score (nSPS) is 16.8. The van der Waals surface area contributed by atoms with Gasteiger partial charge in [0.1, 0.15) is 0 Å². The number of hydrogen-bond donors (Lipinski definition) is 1. The molecular formula is C13H28ClN3O. The SMILES string of the molecule is CCN(CC)CC1CCN(C(=O)CNC)CC1.Cl. The summed E-state index contributed by atoms with van der Waals surface area (Å²) in [7, 11) is 1.82. The molecule has 0 aliphatic carbocycles. The zero-order valence-corrected chi connectivity index (χ0v) is 12.8. The van der Waals surface area contributed by atoms with Crippen LogP contribution in [0.5, 0.6) is 0 Å². The maximum Gasteiger partial charge on any atom is 0.236 e. The Morgan fingerprint density at radius 3 is 2.28 bits per heavy atom. The van der Waals surface area contributed by atoms with Gasteiger partial charge < -0.3 is 15.1 Å². The Morgan fingerprint density at radius 1 is 1.28 bits per heavy atom. The van der Waals surface area contributed by atoms with Gasteiger partial charge in [0, 0.05) is 19.6 Å². The second-order valence-corrected chi connectivity index (χ2v) is 4.84. The third-order valence-electron chi connectivity index (χ3n) is 3.71. The molecule has 4 nitrogen and oxygen atoms in total. The van der Waals surface area contributed by atoms with E-state index in [1.807, 2.05) is 11.9 Å². The Morgan fingerprint density at radius 2 is 1.83 bits per heavy atom. The molecule has 1 saturated heterocycles. The van der Waals surface area contributed by atoms with Crippen LogP contribution in [-0.2, 0) is 4.79 Å². The molecule has 108 valence electrons. The molecule has 0 aromatic heterocycles. The standard InChI is InChI=1S/C13H27N3O.ClH/c1-4-15(5-2)11-12-6-8-16(9-7-12)13(17)10-14-3;/h12,14H,4-11H2,1-3H3;1H. The molecule has 1 heterocycles. The molecule has 0 spiro atoms. The number of nitrogens with one attached hydrogen (secondary N) is 1. The van der Waals surface area contributed by atoms with E-state index in [0.29, 0.717) is 6.54 Å². The first kappa shape index (κ1) is 17.7. The Balaban J connectivity index is 0.00000289. The summed E-state index contributed by atoms with van der Waals surface area (Å²) in [6.45, 7) is 10.2. The van der Waals surface area contributed by atoms with Crippen molar-refractivity contribution in [2.75, 3.05) is 46.3 Å². The van der Waals surface area contributed by atoms with Crippen molar-refractivity contribution in [1.29, 1.82) is 0 Å². The number of rotatable bonds is 6. The van der Waals surface area contributed by atoms with E-state index in [2.05, 4.69) is 24.1 Å². The molecule has 5 heteroatoms. The number of hydrogen-bond acceptors (Lipinski definition) is 3. The van der Waals surface area contributed by atoms with Gasteiger partial charge in [-0.3, -0.25) is 4.79 Å². The maximum atomic E-state index is 11.7. The average molecular weight is 278 g/mol. The van der Waals surface area contributed by atoms with E-state index in [9.17, 15) is 4.79 Å². The van der Waals surface area contributed by atoms with Gasteiger partial charge in [-0.1, -0.05) is 13.8 Å². The van der Waals surface area contributed by atoms with Crippen LogP contribution in [0.3, 0.4) is 0 Å². The minimum Gasteiger partial charge on any atom is -0.342 e. The highest BCUT2D eigenvalue weighted by Crippen LogP contribution is 2.18. The van der Waals surface area contributed by atoms with Gasteiger partial charge in [-0.25, -0.2) is 0 Å². The van der Waals surface area contributed by atoms with Crippen molar-refractivity contribution in [2.45, 2.75) is 26.7 Å². The van der Waals surface area contributed by atoms with E-state index < -0.39 is 0 Å². The lowest BCUT2D eigenvalue weighted by Crippen LogP contribution is -2.44. The van der Waals surface area contributed by atoms with E-state index in [4.69, 9.17) is 0 Å². The summed E-state index contributed by atoms with van der Waals surface area (Å²) in [5, 5.41) is 2.93. The predicted molar refractivity (Wildman–Crippen MR) is 78.3 cm³/mol. The zero-order valence-electron chi connectivity index (χ0n) is 11.9. The van der Waals surface area contributed by atoms with Crippen LogP contribution in [0.25, 0.3) is 0 Å². The van der Waals surface area contributed by atoms with Crippen LogP contribution >= 0.6 is 12.4 Å². The minimum absolute atomic E-state index is 0. The number of halogens is 1. The van der Waals surface area contributed by atoms with Crippen molar-refractivity contribution in [2.24, 2.45) is 5.92 Å². The molecule has 1 aliphatic rings. The van der Waals surface area contributed by atoms with Crippen LogP contribution in [0.2, 0.25) is 0 Å². The van der Waals surface area contributed by atoms with Gasteiger partial charge in [-0.05, 0) is 38.9 Å². The summed E-state index contributed by atoms with van der Waals surface area (Å²) in [6.07, 6.45) is 2.32. The first-order valence-corrected chi connectivity index (χ1v) is 6.85. The summed E-state index contributed by atoms with van der Waals surface area (Å²) in [5.74, 6) is 1.02. The second-order valence-electron chi connectivity index (χ2n) is 4.84. The summed E-state index contributed by atoms with van der Waals surface area (Å²) in [4.78, 5) is 16.2. The molecule has 1 rings (SSSR count). The molecule has 18 heavy (non-hydrogen) atoms. The fourth-order valence-corrected chi connectivity index (χ4v) is 2.47. The van der Waals surface area contributed by atoms with Crippen molar-refractivity contribution < 1.29 is 4.79 Å². The van der Waals surface area contributed by atoms with Gasteiger partial charge in [-0.2, -0.15) is 0 Å². The molecule has 0 saturated carbocycles. The summed E-state index contributed by atoms with van der Waals surface area (Å²) in [6, 6.07) is 0. The topological polar surface area (TPSA) is 35.6 Å². The van der Waals surface area contributed by atoms with Gasteiger partial charge >= 0.3 is 0 Å². The molecule has 0 aromatic rings. The maximum absolute atomic E-state index is 11.7. The van der Waals surface area contributed by atoms with Gasteiger partial charge in [0.15, 0.2) is 0 Å². The quantitative estimate of drug-likeness (QED) is 0.793. The number of amides is 1. The van der Waals surface area contributed by atoms with Crippen molar-refractivity contribution in [3.63, 3.8) is 0 Å². The van der Waals surface area contributed by atoms with E-state index in [1.165, 1.54) is 6.54 Å². The molecule has 1 N–H and O–H groups in total. The first-order valence-electron chi connectivity index (χ1n) is 6.85. The lowest BCUT2D eigenvalue weighted by Gasteiger charge is -2.34. The third-order valence-corrected chi connectivity index (χ3v) is 3.71. The summed E-state index contributed by atoms with van der Waals surface area (Å²) < 4.78 is 0. The van der Waals surface area contributed by atoms with Crippen LogP contribution in [0.15, 0.2) is 0 Å². The fourth-order valence-electron chi connectivity index (χ4n) is 2.47. The number of likely N-dealkylation sites (tertiary alicyclic amines) is 1. The highest BCUT2D eigenvalue weighted by molar-refractivity contribution is 5.85. The number of piperidine rings is 1. The molecule has 0 radical (unpaired) electrons. The van der Waals surface area contributed by atoms with Crippen LogP contribution < -0.4 is 5.32 Å². The van der Waals surface area contributed by atoms with Crippen molar-refractivity contribution in [3.05, 3.63) is 0 Å². The smallest absolute Gasteiger partial charge is 0.236 e. The highest BCUT2D eigenvalue weighted by Gasteiger charge is 2.23. The van der Waals surface area contributed by atoms with Gasteiger partial charge in [0.25, 0.3) is 0 Å². The number of nitrogens with zero attached hydrogens (tertiary/aromatic N) is 2. The van der Waals surface area contributed by atoms with Crippen LogP contribution in [0, 0.1) is 5.92 Å². The lowest BCUT2D eigenvalue weighted by atomic mass is 9.96.